The van der Waals surface area contributed by atoms with Crippen LogP contribution < -0.4 is 9.47 Å². The molecule has 2 rings (SSSR count). The molecular formula is C18H21NO7S. The van der Waals surface area contributed by atoms with Gasteiger partial charge in [0.1, 0.15) is 18.1 Å². The van der Waals surface area contributed by atoms with Gasteiger partial charge in [0.05, 0.1) is 31.8 Å². The second-order valence-corrected chi connectivity index (χ2v) is 7.31. The Labute approximate surface area is 158 Å². The molecule has 0 fully saturated rings. The van der Waals surface area contributed by atoms with Crippen LogP contribution in [0.5, 0.6) is 11.5 Å². The number of hydrogen-bond acceptors (Lipinski definition) is 7. The number of carbonyl (C=O) groups excluding carboxylic acids is 1. The van der Waals surface area contributed by atoms with Crippen LogP contribution in [0.2, 0.25) is 0 Å². The third kappa shape index (κ3) is 4.76. The maximum Gasteiger partial charge on any atom is 0.338 e. The molecule has 8 nitrogen and oxygen atoms in total. The summed E-state index contributed by atoms with van der Waals surface area (Å²) in [6.45, 7) is -0.0614. The van der Waals surface area contributed by atoms with E-state index in [0.717, 1.165) is 0 Å². The lowest BCUT2D eigenvalue weighted by Gasteiger charge is -2.14. The Balaban J connectivity index is 2.19. The topological polar surface area (TPSA) is 91.4 Å². The molecule has 0 aliphatic carbocycles. The van der Waals surface area contributed by atoms with Crippen LogP contribution in [0.25, 0.3) is 0 Å². The van der Waals surface area contributed by atoms with Crippen molar-refractivity contribution in [3.05, 3.63) is 53.6 Å². The molecule has 0 saturated heterocycles. The number of nitrogens with zero attached hydrogens (tertiary/aromatic N) is 1. The number of hydroxylamine groups is 1. The first kappa shape index (κ1) is 20.7. The molecule has 0 N–H and O–H groups in total. The van der Waals surface area contributed by atoms with Crippen molar-refractivity contribution < 1.29 is 32.3 Å². The SMILES string of the molecule is COc1ccc(OC)c(COC(=O)c2cccc(S(=O)(=O)N(C)OC)c2)c1. The molecule has 0 radical (unpaired) electrons. The summed E-state index contributed by atoms with van der Waals surface area (Å²) in [5, 5.41) is 0. The normalized spacial score (nSPS) is 11.3. The van der Waals surface area contributed by atoms with E-state index < -0.39 is 16.0 Å². The monoisotopic (exact) mass is 395 g/mol. The van der Waals surface area contributed by atoms with Crippen molar-refractivity contribution in [2.24, 2.45) is 0 Å². The van der Waals surface area contributed by atoms with Crippen LogP contribution >= 0.6 is 0 Å². The van der Waals surface area contributed by atoms with Gasteiger partial charge in [0.25, 0.3) is 10.0 Å². The van der Waals surface area contributed by atoms with Crippen molar-refractivity contribution >= 4 is 16.0 Å². The van der Waals surface area contributed by atoms with Crippen molar-refractivity contribution in [3.8, 4) is 11.5 Å². The third-order valence-electron chi connectivity index (χ3n) is 3.81. The van der Waals surface area contributed by atoms with E-state index in [1.54, 1.807) is 18.2 Å². The fraction of sp³-hybridized carbons (Fsp3) is 0.278. The van der Waals surface area contributed by atoms with Gasteiger partial charge in [-0.15, -0.1) is 0 Å². The Morgan fingerprint density at radius 3 is 2.41 bits per heavy atom. The van der Waals surface area contributed by atoms with Crippen molar-refractivity contribution in [2.75, 3.05) is 28.4 Å². The molecule has 0 aliphatic rings. The zero-order valence-corrected chi connectivity index (χ0v) is 16.3. The van der Waals surface area contributed by atoms with Gasteiger partial charge in [-0.05, 0) is 36.4 Å². The first-order valence-corrected chi connectivity index (χ1v) is 9.28. The highest BCUT2D eigenvalue weighted by Gasteiger charge is 2.22. The van der Waals surface area contributed by atoms with Crippen LogP contribution in [-0.4, -0.2) is 47.2 Å². The van der Waals surface area contributed by atoms with Gasteiger partial charge in [-0.3, -0.25) is 4.84 Å². The largest absolute Gasteiger partial charge is 0.497 e. The second kappa shape index (κ2) is 8.85. The van der Waals surface area contributed by atoms with Crippen LogP contribution in [0, 0.1) is 0 Å². The number of rotatable bonds is 8. The van der Waals surface area contributed by atoms with Crippen molar-refractivity contribution in [2.45, 2.75) is 11.5 Å². The molecular weight excluding hydrogens is 374 g/mol. The van der Waals surface area contributed by atoms with Crippen LogP contribution in [0.15, 0.2) is 47.4 Å². The summed E-state index contributed by atoms with van der Waals surface area (Å²) in [7, 11) is 1.66. The third-order valence-corrected chi connectivity index (χ3v) is 5.49. The first-order chi connectivity index (χ1) is 12.8. The number of ether oxygens (including phenoxy) is 3. The van der Waals surface area contributed by atoms with E-state index in [1.165, 1.54) is 52.6 Å². The molecule has 0 saturated carbocycles. The molecule has 9 heteroatoms. The molecule has 146 valence electrons. The van der Waals surface area contributed by atoms with Crippen LogP contribution in [0.1, 0.15) is 15.9 Å². The van der Waals surface area contributed by atoms with Gasteiger partial charge >= 0.3 is 5.97 Å². The van der Waals surface area contributed by atoms with Gasteiger partial charge in [-0.2, -0.15) is 0 Å². The highest BCUT2D eigenvalue weighted by molar-refractivity contribution is 7.89. The molecule has 0 amide bonds. The minimum Gasteiger partial charge on any atom is -0.497 e. The van der Waals surface area contributed by atoms with Gasteiger partial charge in [-0.1, -0.05) is 10.5 Å². The lowest BCUT2D eigenvalue weighted by Crippen LogP contribution is -2.25. The van der Waals surface area contributed by atoms with E-state index in [1.807, 2.05) is 0 Å². The number of benzene rings is 2. The summed E-state index contributed by atoms with van der Waals surface area (Å²) in [6, 6.07) is 10.7. The molecule has 0 aliphatic heterocycles. The van der Waals surface area contributed by atoms with E-state index in [2.05, 4.69) is 0 Å². The summed E-state index contributed by atoms with van der Waals surface area (Å²) in [5.74, 6) is 0.469. The van der Waals surface area contributed by atoms with Gasteiger partial charge in [0.2, 0.25) is 0 Å². The minimum atomic E-state index is -3.87. The summed E-state index contributed by atoms with van der Waals surface area (Å²) in [5.41, 5.74) is 0.718. The number of hydrogen-bond donors (Lipinski definition) is 0. The molecule has 27 heavy (non-hydrogen) atoms. The standard InChI is InChI=1S/C18H21NO7S/c1-19(25-4)27(21,22)16-7-5-6-13(11-16)18(20)26-12-14-10-15(23-2)8-9-17(14)24-3/h5-11H,12H2,1-4H3. The minimum absolute atomic E-state index is 0.0614. The summed E-state index contributed by atoms with van der Waals surface area (Å²) in [6.07, 6.45) is 0. The summed E-state index contributed by atoms with van der Waals surface area (Å²) >= 11 is 0. The van der Waals surface area contributed by atoms with E-state index in [-0.39, 0.29) is 17.1 Å². The molecule has 2 aromatic carbocycles. The van der Waals surface area contributed by atoms with Gasteiger partial charge in [0.15, 0.2) is 0 Å². The van der Waals surface area contributed by atoms with E-state index in [0.29, 0.717) is 21.5 Å². The highest BCUT2D eigenvalue weighted by Crippen LogP contribution is 2.25. The Kier molecular flexibility index (Phi) is 6.78. The van der Waals surface area contributed by atoms with E-state index in [4.69, 9.17) is 19.0 Å². The zero-order chi connectivity index (χ0) is 20.0. The molecule has 0 atom stereocenters. The molecule has 0 aromatic heterocycles. The van der Waals surface area contributed by atoms with Gasteiger partial charge in [0, 0.05) is 12.6 Å². The zero-order valence-electron chi connectivity index (χ0n) is 15.5. The average molecular weight is 395 g/mol. The molecule has 0 unspecified atom stereocenters. The number of carbonyl (C=O) groups is 1. The Bertz CT molecular complexity index is 912. The van der Waals surface area contributed by atoms with Crippen LogP contribution in [-0.2, 0) is 26.2 Å². The van der Waals surface area contributed by atoms with Gasteiger partial charge < -0.3 is 14.2 Å². The van der Waals surface area contributed by atoms with E-state index in [9.17, 15) is 13.2 Å². The lowest BCUT2D eigenvalue weighted by atomic mass is 10.2. The average Bonchev–Trinajstić information content (AvgIpc) is 2.70. The van der Waals surface area contributed by atoms with Crippen LogP contribution in [0.3, 0.4) is 0 Å². The molecule has 2 aromatic rings. The fourth-order valence-corrected chi connectivity index (χ4v) is 3.27. The Morgan fingerprint density at radius 1 is 1.04 bits per heavy atom. The van der Waals surface area contributed by atoms with Gasteiger partial charge in [-0.25, -0.2) is 13.2 Å². The quantitative estimate of drug-likeness (QED) is 0.500. The Hall–Kier alpha value is -2.62. The molecule has 0 bridgehead atoms. The second-order valence-electron chi connectivity index (χ2n) is 5.38. The molecule has 0 spiro atoms. The maximum absolute atomic E-state index is 12.4. The van der Waals surface area contributed by atoms with E-state index >= 15 is 0 Å². The number of methoxy groups -OCH3 is 2. The first-order valence-electron chi connectivity index (χ1n) is 7.84. The predicted molar refractivity (Wildman–Crippen MR) is 97.1 cm³/mol. The van der Waals surface area contributed by atoms with Crippen molar-refractivity contribution in [1.29, 1.82) is 0 Å². The van der Waals surface area contributed by atoms with Crippen molar-refractivity contribution in [3.63, 3.8) is 0 Å². The maximum atomic E-state index is 12.4. The number of sulfonamides is 1. The Morgan fingerprint density at radius 2 is 1.78 bits per heavy atom. The summed E-state index contributed by atoms with van der Waals surface area (Å²) < 4.78 is 41.0. The summed E-state index contributed by atoms with van der Waals surface area (Å²) in [4.78, 5) is 17.0. The molecule has 0 heterocycles. The fourth-order valence-electron chi connectivity index (χ4n) is 2.25. The van der Waals surface area contributed by atoms with Crippen molar-refractivity contribution in [1.82, 2.24) is 4.47 Å². The van der Waals surface area contributed by atoms with Crippen LogP contribution in [0.4, 0.5) is 0 Å². The number of esters is 1. The lowest BCUT2D eigenvalue weighted by molar-refractivity contribution is -0.0258. The predicted octanol–water partition coefficient (Wildman–Crippen LogP) is 2.24. The highest BCUT2D eigenvalue weighted by atomic mass is 32.2. The smallest absolute Gasteiger partial charge is 0.338 e.